The zero-order valence-corrected chi connectivity index (χ0v) is 12.1. The highest BCUT2D eigenvalue weighted by molar-refractivity contribution is 9.10. The van der Waals surface area contributed by atoms with E-state index in [1.54, 1.807) is 13.0 Å². The molecule has 0 amide bonds. The number of benzene rings is 1. The van der Waals surface area contributed by atoms with Crippen LogP contribution in [0.25, 0.3) is 0 Å². The second-order valence-electron chi connectivity index (χ2n) is 3.54. The zero-order valence-electron chi connectivity index (χ0n) is 9.65. The Morgan fingerprint density at radius 2 is 2.12 bits per heavy atom. The lowest BCUT2D eigenvalue weighted by Gasteiger charge is -2.08. The topological polar surface area (TPSA) is 69.4 Å². The van der Waals surface area contributed by atoms with E-state index >= 15 is 0 Å². The molecule has 6 heteroatoms. The van der Waals surface area contributed by atoms with Crippen molar-refractivity contribution in [1.82, 2.24) is 0 Å². The van der Waals surface area contributed by atoms with Crippen molar-refractivity contribution in [3.63, 3.8) is 0 Å². The van der Waals surface area contributed by atoms with Crippen LogP contribution in [0.1, 0.15) is 12.5 Å². The molecular weight excluding hydrogens is 306 g/mol. The Bertz CT molecular complexity index is 474. The Labute approximate surface area is 110 Å². The third-order valence-corrected chi connectivity index (χ3v) is 4.78. The summed E-state index contributed by atoms with van der Waals surface area (Å²) in [4.78, 5) is 0. The maximum absolute atomic E-state index is 11.3. The molecule has 0 saturated carbocycles. The Morgan fingerprint density at radius 3 is 2.71 bits per heavy atom. The lowest BCUT2D eigenvalue weighted by Crippen LogP contribution is -2.15. The molecule has 0 atom stereocenters. The summed E-state index contributed by atoms with van der Waals surface area (Å²) in [5.74, 6) is 0.822. The Morgan fingerprint density at radius 1 is 1.41 bits per heavy atom. The van der Waals surface area contributed by atoms with Crippen molar-refractivity contribution in [1.29, 1.82) is 0 Å². The highest BCUT2D eigenvalue weighted by Crippen LogP contribution is 2.22. The molecule has 0 aliphatic rings. The van der Waals surface area contributed by atoms with E-state index < -0.39 is 9.84 Å². The monoisotopic (exact) mass is 321 g/mol. The second-order valence-corrected chi connectivity index (χ2v) is 6.87. The van der Waals surface area contributed by atoms with Gasteiger partial charge >= 0.3 is 0 Å². The van der Waals surface area contributed by atoms with E-state index in [2.05, 4.69) is 15.9 Å². The van der Waals surface area contributed by atoms with E-state index in [1.807, 2.05) is 12.1 Å². The number of hydrogen-bond donors (Lipinski definition) is 1. The molecule has 0 saturated heterocycles. The van der Waals surface area contributed by atoms with Crippen molar-refractivity contribution >= 4 is 25.8 Å². The third-order valence-electron chi connectivity index (χ3n) is 2.34. The van der Waals surface area contributed by atoms with Crippen molar-refractivity contribution in [2.24, 2.45) is 5.73 Å². The van der Waals surface area contributed by atoms with Crippen LogP contribution in [-0.2, 0) is 16.4 Å². The minimum absolute atomic E-state index is 0.0392. The first kappa shape index (κ1) is 14.5. The summed E-state index contributed by atoms with van der Waals surface area (Å²) in [6, 6.07) is 5.43. The quantitative estimate of drug-likeness (QED) is 0.866. The predicted molar refractivity (Wildman–Crippen MR) is 71.9 cm³/mol. The minimum Gasteiger partial charge on any atom is -0.493 e. The number of hydrogen-bond acceptors (Lipinski definition) is 4. The third kappa shape index (κ3) is 4.65. The van der Waals surface area contributed by atoms with Gasteiger partial charge in [0.15, 0.2) is 9.84 Å². The minimum atomic E-state index is -2.97. The summed E-state index contributed by atoms with van der Waals surface area (Å²) in [7, 11) is -2.97. The Kier molecular flexibility index (Phi) is 5.42. The maximum atomic E-state index is 11.3. The van der Waals surface area contributed by atoms with E-state index in [-0.39, 0.29) is 18.1 Å². The molecule has 1 rings (SSSR count). The molecule has 2 N–H and O–H groups in total. The molecule has 0 aliphatic carbocycles. The predicted octanol–water partition coefficient (Wildman–Crippen LogP) is 1.72. The molecular formula is C11H16BrNO3S. The van der Waals surface area contributed by atoms with Gasteiger partial charge in [-0.05, 0) is 23.8 Å². The normalized spacial score (nSPS) is 11.5. The molecule has 1 aromatic carbocycles. The van der Waals surface area contributed by atoms with Gasteiger partial charge < -0.3 is 10.5 Å². The molecule has 1 aromatic rings. The molecule has 0 unspecified atom stereocenters. The molecule has 0 aromatic heterocycles. The molecule has 0 radical (unpaired) electrons. The molecule has 0 fully saturated rings. The van der Waals surface area contributed by atoms with E-state index in [9.17, 15) is 8.42 Å². The number of ether oxygens (including phenoxy) is 1. The molecule has 96 valence electrons. The number of nitrogens with two attached hydrogens (primary N) is 1. The molecule has 0 aliphatic heterocycles. The Balaban J connectivity index is 2.58. The van der Waals surface area contributed by atoms with Crippen LogP contribution in [0.15, 0.2) is 22.7 Å². The fraction of sp³-hybridized carbons (Fsp3) is 0.455. The van der Waals surface area contributed by atoms with E-state index in [0.717, 1.165) is 10.0 Å². The van der Waals surface area contributed by atoms with Gasteiger partial charge in [0.05, 0.1) is 5.75 Å². The first-order valence-electron chi connectivity index (χ1n) is 5.30. The van der Waals surface area contributed by atoms with E-state index in [1.165, 1.54) is 0 Å². The summed E-state index contributed by atoms with van der Waals surface area (Å²) in [5.41, 5.74) is 6.49. The van der Waals surface area contributed by atoms with Crippen LogP contribution < -0.4 is 10.5 Å². The van der Waals surface area contributed by atoms with Gasteiger partial charge in [-0.1, -0.05) is 22.9 Å². The van der Waals surface area contributed by atoms with Crippen LogP contribution in [0.2, 0.25) is 0 Å². The molecule has 0 bridgehead atoms. The van der Waals surface area contributed by atoms with Crippen molar-refractivity contribution < 1.29 is 13.2 Å². The van der Waals surface area contributed by atoms with Crippen molar-refractivity contribution in [2.75, 3.05) is 18.1 Å². The van der Waals surface area contributed by atoms with Crippen LogP contribution in [-0.4, -0.2) is 26.5 Å². The zero-order chi connectivity index (χ0) is 12.9. The van der Waals surface area contributed by atoms with Crippen LogP contribution >= 0.6 is 15.9 Å². The highest BCUT2D eigenvalue weighted by Gasteiger charge is 2.07. The van der Waals surface area contributed by atoms with Gasteiger partial charge in [0.2, 0.25) is 0 Å². The number of halogens is 1. The lowest BCUT2D eigenvalue weighted by atomic mass is 10.2. The van der Waals surface area contributed by atoms with Crippen LogP contribution in [0.5, 0.6) is 5.75 Å². The summed E-state index contributed by atoms with van der Waals surface area (Å²) in [6.45, 7) is 2.20. The van der Waals surface area contributed by atoms with Crippen molar-refractivity contribution in [3.8, 4) is 5.75 Å². The van der Waals surface area contributed by atoms with Gasteiger partial charge in [0.1, 0.15) is 12.4 Å². The van der Waals surface area contributed by atoms with Crippen LogP contribution in [0, 0.1) is 0 Å². The SMILES string of the molecule is CCS(=O)(=O)CCOc1ccc(Br)c(CN)c1. The van der Waals surface area contributed by atoms with Gasteiger partial charge in [-0.3, -0.25) is 0 Å². The molecule has 17 heavy (non-hydrogen) atoms. The van der Waals surface area contributed by atoms with Crippen LogP contribution in [0.4, 0.5) is 0 Å². The van der Waals surface area contributed by atoms with Crippen LogP contribution in [0.3, 0.4) is 0 Å². The van der Waals surface area contributed by atoms with Gasteiger partial charge in [0.25, 0.3) is 0 Å². The first-order chi connectivity index (χ1) is 7.98. The summed E-state index contributed by atoms with van der Waals surface area (Å²) in [5, 5.41) is 0. The van der Waals surface area contributed by atoms with E-state index in [0.29, 0.717) is 12.3 Å². The summed E-state index contributed by atoms with van der Waals surface area (Å²) < 4.78 is 28.8. The van der Waals surface area contributed by atoms with E-state index in [4.69, 9.17) is 10.5 Å². The fourth-order valence-corrected chi connectivity index (χ4v) is 2.26. The standard InChI is InChI=1S/C11H16BrNO3S/c1-2-17(14,15)6-5-16-10-3-4-11(12)9(7-10)8-13/h3-4,7H,2,5-6,8,13H2,1H3. The van der Waals surface area contributed by atoms with Crippen molar-refractivity contribution in [3.05, 3.63) is 28.2 Å². The maximum Gasteiger partial charge on any atom is 0.153 e. The molecule has 0 heterocycles. The second kappa shape index (κ2) is 6.37. The van der Waals surface area contributed by atoms with Gasteiger partial charge in [-0.15, -0.1) is 0 Å². The molecule has 4 nitrogen and oxygen atoms in total. The smallest absolute Gasteiger partial charge is 0.153 e. The average Bonchev–Trinajstić information content (AvgIpc) is 2.31. The number of rotatable bonds is 6. The fourth-order valence-electron chi connectivity index (χ4n) is 1.23. The average molecular weight is 322 g/mol. The lowest BCUT2D eigenvalue weighted by molar-refractivity contribution is 0.340. The number of sulfone groups is 1. The highest BCUT2D eigenvalue weighted by atomic mass is 79.9. The van der Waals surface area contributed by atoms with Gasteiger partial charge in [-0.25, -0.2) is 8.42 Å². The van der Waals surface area contributed by atoms with Gasteiger partial charge in [-0.2, -0.15) is 0 Å². The molecule has 0 spiro atoms. The summed E-state index contributed by atoms with van der Waals surface area (Å²) >= 11 is 3.37. The largest absolute Gasteiger partial charge is 0.493 e. The Hall–Kier alpha value is -0.590. The van der Waals surface area contributed by atoms with Crippen molar-refractivity contribution in [2.45, 2.75) is 13.5 Å². The summed E-state index contributed by atoms with van der Waals surface area (Å²) in [6.07, 6.45) is 0. The van der Waals surface area contributed by atoms with Gasteiger partial charge in [0, 0.05) is 16.8 Å². The first-order valence-corrected chi connectivity index (χ1v) is 7.91.